The number of hydrogen-bond acceptors (Lipinski definition) is 3. The molecule has 1 N–H and O–H groups in total. The van der Waals surface area contributed by atoms with Gasteiger partial charge in [0.2, 0.25) is 0 Å². The van der Waals surface area contributed by atoms with Crippen LogP contribution in [0, 0.1) is 5.41 Å². The molecule has 3 saturated carbocycles. The van der Waals surface area contributed by atoms with Crippen molar-refractivity contribution in [2.24, 2.45) is 5.41 Å². The van der Waals surface area contributed by atoms with Crippen molar-refractivity contribution in [2.45, 2.75) is 50.7 Å². The molecule has 1 aromatic carbocycles. The topological polar surface area (TPSA) is 47.6 Å². The molecular weight excluding hydrogens is 278 g/mol. The van der Waals surface area contributed by atoms with Gasteiger partial charge in [-0.1, -0.05) is 30.3 Å². The fourth-order valence-corrected chi connectivity index (χ4v) is 3.95. The number of benzene rings is 1. The Balaban J connectivity index is 1.50. The average Bonchev–Trinajstić information content (AvgIpc) is 2.56. The van der Waals surface area contributed by atoms with Crippen LogP contribution in [0.4, 0.5) is 4.79 Å². The van der Waals surface area contributed by atoms with Crippen LogP contribution < -0.4 is 5.32 Å². The van der Waals surface area contributed by atoms with E-state index in [1.165, 1.54) is 0 Å². The van der Waals surface area contributed by atoms with E-state index in [2.05, 4.69) is 5.32 Å². The highest BCUT2D eigenvalue weighted by Crippen LogP contribution is 2.52. The molecule has 0 unspecified atom stereocenters. The van der Waals surface area contributed by atoms with Gasteiger partial charge in [-0.3, -0.25) is 0 Å². The van der Waals surface area contributed by atoms with Gasteiger partial charge in [-0.05, 0) is 49.5 Å². The Morgan fingerprint density at radius 1 is 1.09 bits per heavy atom. The van der Waals surface area contributed by atoms with Crippen molar-refractivity contribution >= 4 is 6.09 Å². The molecule has 4 rings (SSSR count). The summed E-state index contributed by atoms with van der Waals surface area (Å²) in [5.74, 6) is 0. The van der Waals surface area contributed by atoms with Crippen LogP contribution in [0.1, 0.15) is 44.1 Å². The second kappa shape index (κ2) is 6.29. The second-order valence-electron chi connectivity index (χ2n) is 6.90. The first-order chi connectivity index (χ1) is 10.7. The number of fused-ring (bicyclic) bond motifs is 3. The Hall–Kier alpha value is -1.55. The number of carbonyl (C=O) groups is 1. The van der Waals surface area contributed by atoms with Gasteiger partial charge < -0.3 is 14.8 Å². The molecule has 4 heteroatoms. The van der Waals surface area contributed by atoms with E-state index in [4.69, 9.17) is 9.47 Å². The van der Waals surface area contributed by atoms with Gasteiger partial charge in [0.15, 0.2) is 0 Å². The lowest BCUT2D eigenvalue weighted by Crippen LogP contribution is -2.57. The van der Waals surface area contributed by atoms with Crippen molar-refractivity contribution in [3.8, 4) is 0 Å². The van der Waals surface area contributed by atoms with Gasteiger partial charge in [0, 0.05) is 12.6 Å². The van der Waals surface area contributed by atoms with Crippen LogP contribution in [0.5, 0.6) is 0 Å². The largest absolute Gasteiger partial charge is 0.445 e. The quantitative estimate of drug-likeness (QED) is 0.903. The average molecular weight is 303 g/mol. The summed E-state index contributed by atoms with van der Waals surface area (Å²) in [4.78, 5) is 12.1. The molecular formula is C18H25NO3. The fourth-order valence-electron chi connectivity index (χ4n) is 3.95. The molecule has 1 aromatic rings. The summed E-state index contributed by atoms with van der Waals surface area (Å²) in [7, 11) is 1.78. The van der Waals surface area contributed by atoms with Crippen LogP contribution in [-0.4, -0.2) is 25.3 Å². The molecule has 0 heterocycles. The van der Waals surface area contributed by atoms with Crippen molar-refractivity contribution < 1.29 is 14.3 Å². The fraction of sp³-hybridized carbons (Fsp3) is 0.611. The van der Waals surface area contributed by atoms with E-state index >= 15 is 0 Å². The Labute approximate surface area is 132 Å². The highest BCUT2D eigenvalue weighted by Gasteiger charge is 2.49. The molecule has 22 heavy (non-hydrogen) atoms. The lowest BCUT2D eigenvalue weighted by atomic mass is 9.57. The van der Waals surface area contributed by atoms with Gasteiger partial charge in [0.05, 0.1) is 6.61 Å². The lowest BCUT2D eigenvalue weighted by Gasteiger charge is -2.53. The van der Waals surface area contributed by atoms with Crippen LogP contribution in [0.25, 0.3) is 0 Å². The lowest BCUT2D eigenvalue weighted by molar-refractivity contribution is -0.0309. The van der Waals surface area contributed by atoms with Crippen LogP contribution in [0.15, 0.2) is 30.3 Å². The minimum absolute atomic E-state index is 0.0523. The number of rotatable bonds is 5. The number of nitrogens with one attached hydrogen (secondary N) is 1. The Bertz CT molecular complexity index is 490. The molecule has 0 radical (unpaired) electrons. The highest BCUT2D eigenvalue weighted by molar-refractivity contribution is 5.68. The maximum absolute atomic E-state index is 12.1. The summed E-state index contributed by atoms with van der Waals surface area (Å²) in [6.07, 6.45) is 6.24. The third-order valence-electron chi connectivity index (χ3n) is 5.43. The number of carbonyl (C=O) groups excluding carboxylic acids is 1. The zero-order valence-corrected chi connectivity index (χ0v) is 13.3. The zero-order valence-electron chi connectivity index (χ0n) is 13.3. The molecule has 1 amide bonds. The highest BCUT2D eigenvalue weighted by atomic mass is 16.5. The predicted octanol–water partition coefficient (Wildman–Crippen LogP) is 3.65. The van der Waals surface area contributed by atoms with Crippen molar-refractivity contribution in [3.63, 3.8) is 0 Å². The van der Waals surface area contributed by atoms with E-state index in [9.17, 15) is 4.79 Å². The van der Waals surface area contributed by atoms with E-state index in [-0.39, 0.29) is 11.6 Å². The smallest absolute Gasteiger partial charge is 0.407 e. The zero-order chi connectivity index (χ0) is 15.5. The van der Waals surface area contributed by atoms with E-state index in [1.807, 2.05) is 30.3 Å². The molecule has 120 valence electrons. The third-order valence-corrected chi connectivity index (χ3v) is 5.43. The van der Waals surface area contributed by atoms with Gasteiger partial charge in [-0.15, -0.1) is 0 Å². The first-order valence-electron chi connectivity index (χ1n) is 8.13. The number of hydrogen-bond donors (Lipinski definition) is 1. The third kappa shape index (κ3) is 3.27. The van der Waals surface area contributed by atoms with E-state index in [0.29, 0.717) is 12.0 Å². The number of amides is 1. The first kappa shape index (κ1) is 15.3. The van der Waals surface area contributed by atoms with Gasteiger partial charge in [0.1, 0.15) is 6.61 Å². The Morgan fingerprint density at radius 2 is 1.73 bits per heavy atom. The predicted molar refractivity (Wildman–Crippen MR) is 84.5 cm³/mol. The van der Waals surface area contributed by atoms with Gasteiger partial charge in [-0.25, -0.2) is 4.79 Å². The monoisotopic (exact) mass is 303 g/mol. The maximum Gasteiger partial charge on any atom is 0.407 e. The van der Waals surface area contributed by atoms with E-state index < -0.39 is 0 Å². The molecule has 4 nitrogen and oxygen atoms in total. The minimum atomic E-state index is -0.287. The minimum Gasteiger partial charge on any atom is -0.445 e. The number of ether oxygens (including phenoxy) is 2. The molecule has 3 aliphatic rings. The van der Waals surface area contributed by atoms with Crippen LogP contribution in [0.3, 0.4) is 0 Å². The molecule has 0 atom stereocenters. The first-order valence-corrected chi connectivity index (χ1v) is 8.13. The number of alkyl carbamates (subject to hydrolysis) is 1. The molecule has 3 aliphatic carbocycles. The Morgan fingerprint density at radius 3 is 2.32 bits per heavy atom. The van der Waals surface area contributed by atoms with Gasteiger partial charge >= 0.3 is 6.09 Å². The standard InChI is InChI=1S/C18H25NO3/c1-21-14-17-7-10-18(11-8-17,12-9-17)19-16(20)22-13-15-5-3-2-4-6-15/h2-6H,7-14H2,1H3,(H,19,20). The summed E-state index contributed by atoms with van der Waals surface area (Å²) >= 11 is 0. The molecule has 0 spiro atoms. The SMILES string of the molecule is COCC12CCC(NC(=O)OCc3ccccc3)(CC1)CC2. The summed E-state index contributed by atoms with van der Waals surface area (Å²) in [5, 5.41) is 3.15. The van der Waals surface area contributed by atoms with Crippen LogP contribution in [-0.2, 0) is 16.1 Å². The molecule has 3 fully saturated rings. The van der Waals surface area contributed by atoms with Gasteiger partial charge in [0.25, 0.3) is 0 Å². The molecule has 0 aromatic heterocycles. The second-order valence-corrected chi connectivity index (χ2v) is 6.90. The maximum atomic E-state index is 12.1. The number of methoxy groups -OCH3 is 1. The normalized spacial score (nSPS) is 30.0. The summed E-state index contributed by atoms with van der Waals surface area (Å²) in [6, 6.07) is 9.79. The van der Waals surface area contributed by atoms with Crippen molar-refractivity contribution in [3.05, 3.63) is 35.9 Å². The molecule has 0 aliphatic heterocycles. The van der Waals surface area contributed by atoms with Gasteiger partial charge in [-0.2, -0.15) is 0 Å². The van der Waals surface area contributed by atoms with Crippen LogP contribution >= 0.6 is 0 Å². The van der Waals surface area contributed by atoms with Crippen molar-refractivity contribution in [1.29, 1.82) is 0 Å². The van der Waals surface area contributed by atoms with Crippen molar-refractivity contribution in [2.75, 3.05) is 13.7 Å². The van der Waals surface area contributed by atoms with Crippen LogP contribution in [0.2, 0.25) is 0 Å². The molecule has 2 bridgehead atoms. The van der Waals surface area contributed by atoms with E-state index in [0.717, 1.165) is 50.7 Å². The summed E-state index contributed by atoms with van der Waals surface area (Å²) in [6.45, 7) is 1.18. The molecule has 0 saturated heterocycles. The summed E-state index contributed by atoms with van der Waals surface area (Å²) in [5.41, 5.74) is 1.32. The van der Waals surface area contributed by atoms with E-state index in [1.54, 1.807) is 7.11 Å². The Kier molecular flexibility index (Phi) is 4.39. The summed E-state index contributed by atoms with van der Waals surface area (Å²) < 4.78 is 10.8. The van der Waals surface area contributed by atoms with Crippen molar-refractivity contribution in [1.82, 2.24) is 5.32 Å².